The molecule has 0 aliphatic carbocycles. The second-order valence-corrected chi connectivity index (χ2v) is 19.2. The van der Waals surface area contributed by atoms with E-state index >= 15 is 0 Å². The van der Waals surface area contributed by atoms with Crippen molar-refractivity contribution in [2.45, 2.75) is 11.6 Å². The molecule has 2 aliphatic heterocycles. The van der Waals surface area contributed by atoms with E-state index in [-0.39, 0.29) is 57.5 Å². The third-order valence-electron chi connectivity index (χ3n) is 8.08. The maximum absolute atomic E-state index is 10.2. The molecule has 0 saturated carbocycles. The molecule has 6 N–H and O–H groups in total. The van der Waals surface area contributed by atoms with E-state index in [9.17, 15) is 30.6 Å². The van der Waals surface area contributed by atoms with Gasteiger partial charge < -0.3 is 58.0 Å². The second-order valence-electron chi connectivity index (χ2n) is 12.3. The molecule has 6 aromatic carbocycles. The van der Waals surface area contributed by atoms with E-state index in [0.717, 1.165) is 0 Å². The molecule has 8 rings (SSSR count). The zero-order valence-electron chi connectivity index (χ0n) is 28.8. The fourth-order valence-electron chi connectivity index (χ4n) is 5.38. The lowest BCUT2D eigenvalue weighted by molar-refractivity contribution is 0.311. The Morgan fingerprint density at radius 3 is 0.964 bits per heavy atom. The predicted molar refractivity (Wildman–Crippen MR) is 208 cm³/mol. The highest BCUT2D eigenvalue weighted by Gasteiger charge is 2.70. The van der Waals surface area contributed by atoms with Gasteiger partial charge in [-0.15, -0.1) is 4.52 Å². The molecule has 0 bridgehead atoms. The number of ether oxygens (including phenoxy) is 1. The number of hydrogen-bond donors (Lipinski definition) is 6. The van der Waals surface area contributed by atoms with Crippen LogP contribution in [0.2, 0.25) is 0 Å². The highest BCUT2D eigenvalue weighted by Crippen LogP contribution is 2.86. The van der Waals surface area contributed by atoms with Gasteiger partial charge in [0.1, 0.15) is 69.0 Å². The highest BCUT2D eigenvalue weighted by molar-refractivity contribution is 7.80. The summed E-state index contributed by atoms with van der Waals surface area (Å²) in [7, 11) is -11.9. The third kappa shape index (κ3) is 8.01. The maximum Gasteiger partial charge on any atom is 0.456 e. The predicted octanol–water partition coefficient (Wildman–Crippen LogP) is 10.4. The largest absolute Gasteiger partial charge is 0.508 e. The zero-order valence-corrected chi connectivity index (χ0v) is 31.5. The van der Waals surface area contributed by atoms with Crippen LogP contribution in [0.4, 0.5) is 0 Å². The smallest absolute Gasteiger partial charge is 0.456 e. The summed E-state index contributed by atoms with van der Waals surface area (Å²) in [6.45, 7) is 0. The Morgan fingerprint density at radius 2 is 0.625 bits per heavy atom. The number of phenolic OH excluding ortho intramolecular Hbond substituents is 6. The van der Waals surface area contributed by atoms with Gasteiger partial charge in [-0.05, 0) is 146 Å². The summed E-state index contributed by atoms with van der Waals surface area (Å²) < 4.78 is 55.6. The van der Waals surface area contributed by atoms with Crippen molar-refractivity contribution in [1.82, 2.24) is 0 Å². The SMILES string of the molecule is Oc1ccc(OC2C3N=P(Oc4ccc(O)cc4)(Oc4ccc(O)cc4)N=P(Oc4ccc(O)cc4)(Oc4ccc(O)cc4)N=P32Oc2ccc(O)cc2)cc1. The lowest BCUT2D eigenvalue weighted by Crippen LogP contribution is -2.08. The van der Waals surface area contributed by atoms with Crippen LogP contribution in [0.3, 0.4) is 0 Å². The molecule has 286 valence electrons. The molecule has 1 saturated heterocycles. The maximum atomic E-state index is 10.2. The second kappa shape index (κ2) is 14.7. The molecule has 2 aliphatic rings. The number of phenols is 6. The quantitative estimate of drug-likeness (QED) is 0.0637. The molecule has 0 radical (unpaired) electrons. The number of fused-ring (bicyclic) bond motifs is 1. The first-order valence-corrected chi connectivity index (χ1v) is 21.6. The minimum atomic E-state index is -4.25. The number of nitrogens with zero attached hydrogens (tertiary/aromatic N) is 3. The van der Waals surface area contributed by atoms with Crippen molar-refractivity contribution in [3.8, 4) is 69.0 Å². The summed E-state index contributed by atoms with van der Waals surface area (Å²) in [6.07, 6.45) is 0. The van der Waals surface area contributed by atoms with Crippen molar-refractivity contribution in [1.29, 1.82) is 0 Å². The molecule has 56 heavy (non-hydrogen) atoms. The van der Waals surface area contributed by atoms with Gasteiger partial charge in [0.05, 0.1) is 0 Å². The van der Waals surface area contributed by atoms with Crippen LogP contribution in [0.25, 0.3) is 0 Å². The van der Waals surface area contributed by atoms with Gasteiger partial charge >= 0.3 is 15.3 Å². The van der Waals surface area contributed by atoms with Crippen LogP contribution in [0.15, 0.2) is 159 Å². The molecular weight excluding hydrogens is 783 g/mol. The summed E-state index contributed by atoms with van der Waals surface area (Å²) in [5.74, 6) is -0.621. The summed E-state index contributed by atoms with van der Waals surface area (Å²) >= 11 is 0. The molecule has 3 atom stereocenters. The molecule has 0 aromatic heterocycles. The van der Waals surface area contributed by atoms with E-state index in [2.05, 4.69) is 0 Å². The minimum absolute atomic E-state index is 0.00220. The number of hydrogen-bond acceptors (Lipinski definition) is 15. The average molecular weight is 816 g/mol. The third-order valence-corrected chi connectivity index (χ3v) is 16.8. The molecule has 0 spiro atoms. The van der Waals surface area contributed by atoms with Crippen molar-refractivity contribution in [2.75, 3.05) is 0 Å². The number of aromatic hydroxyl groups is 6. The summed E-state index contributed by atoms with van der Waals surface area (Å²) in [6, 6.07) is 35.3. The Kier molecular flexibility index (Phi) is 9.59. The van der Waals surface area contributed by atoms with Gasteiger partial charge in [-0.3, -0.25) is 0 Å². The van der Waals surface area contributed by atoms with Gasteiger partial charge in [0, 0.05) is 0 Å². The Hall–Kier alpha value is -6.39. The normalized spacial score (nSPS) is 19.9. The van der Waals surface area contributed by atoms with Crippen LogP contribution in [-0.4, -0.2) is 42.3 Å². The summed E-state index contributed by atoms with van der Waals surface area (Å²) in [4.78, 5) is 0. The Morgan fingerprint density at radius 1 is 0.339 bits per heavy atom. The first-order chi connectivity index (χ1) is 27.0. The molecule has 0 amide bonds. The molecule has 6 aromatic rings. The van der Waals surface area contributed by atoms with E-state index in [1.807, 2.05) is 0 Å². The average Bonchev–Trinajstić information content (AvgIpc) is 3.76. The summed E-state index contributed by atoms with van der Waals surface area (Å²) in [5, 5.41) is 60.7. The van der Waals surface area contributed by atoms with Crippen molar-refractivity contribution in [2.24, 2.45) is 13.8 Å². The Labute approximate surface area is 319 Å². The van der Waals surface area contributed by atoms with Crippen molar-refractivity contribution < 1.29 is 58.0 Å². The van der Waals surface area contributed by atoms with Crippen LogP contribution < -0.4 is 27.4 Å². The minimum Gasteiger partial charge on any atom is -0.508 e. The lowest BCUT2D eigenvalue weighted by Gasteiger charge is -2.26. The van der Waals surface area contributed by atoms with Gasteiger partial charge in [0.15, 0.2) is 11.6 Å². The van der Waals surface area contributed by atoms with Crippen LogP contribution in [0.1, 0.15) is 0 Å². The topological polar surface area (TPSA) is 214 Å². The van der Waals surface area contributed by atoms with Gasteiger partial charge in [-0.1, -0.05) is 4.52 Å². The zero-order chi connectivity index (χ0) is 38.9. The van der Waals surface area contributed by atoms with Gasteiger partial charge in [0.25, 0.3) is 0 Å². The lowest BCUT2D eigenvalue weighted by atomic mass is 10.3. The van der Waals surface area contributed by atoms with Gasteiger partial charge in [-0.2, -0.15) is 4.74 Å². The van der Waals surface area contributed by atoms with Crippen molar-refractivity contribution in [3.05, 3.63) is 146 Å². The van der Waals surface area contributed by atoms with Crippen LogP contribution in [0.5, 0.6) is 69.0 Å². The fraction of sp³-hybridized carbons (Fsp3) is 0.0526. The van der Waals surface area contributed by atoms with Crippen LogP contribution in [0, 0.1) is 0 Å². The van der Waals surface area contributed by atoms with E-state index < -0.39 is 34.2 Å². The molecule has 2 heterocycles. The monoisotopic (exact) mass is 815 g/mol. The van der Waals surface area contributed by atoms with Crippen LogP contribution >= 0.6 is 22.6 Å². The van der Waals surface area contributed by atoms with E-state index in [1.54, 1.807) is 24.3 Å². The number of rotatable bonds is 12. The number of benzene rings is 6. The van der Waals surface area contributed by atoms with Crippen molar-refractivity contribution in [3.63, 3.8) is 0 Å². The standard InChI is InChI=1S/C38H32N3O12P3/c42-25-1-13-31(14-2-25)48-38-37-39-55(50-33-17-5-27(44)6-18-33,51-34-19-7-28(45)8-20-34)41-56(52-35-21-9-29(46)10-22-35,53-36-23-11-30(47)12-24-36)40-54(37,38)49-32-15-3-26(43)4-16-32/h1-24,37-38,42-47H. The molecule has 15 nitrogen and oxygen atoms in total. The van der Waals surface area contributed by atoms with E-state index in [1.165, 1.54) is 121 Å². The van der Waals surface area contributed by atoms with E-state index in [0.29, 0.717) is 11.5 Å². The molecular formula is C38H32N3O12P3. The van der Waals surface area contributed by atoms with Crippen LogP contribution in [-0.2, 0) is 0 Å². The van der Waals surface area contributed by atoms with Crippen molar-refractivity contribution >= 4 is 22.6 Å². The van der Waals surface area contributed by atoms with Gasteiger partial charge in [0.2, 0.25) is 7.28 Å². The molecule has 18 heteroatoms. The fourth-order valence-corrected chi connectivity index (χ4v) is 15.7. The van der Waals surface area contributed by atoms with E-state index in [4.69, 9.17) is 41.1 Å². The summed E-state index contributed by atoms with van der Waals surface area (Å²) in [5.41, 5.74) is 0. The Balaban J connectivity index is 1.42. The Bertz CT molecular complexity index is 2420. The van der Waals surface area contributed by atoms with Gasteiger partial charge in [-0.25, -0.2) is 0 Å². The first-order valence-electron chi connectivity index (χ1n) is 16.8. The first kappa shape index (κ1) is 36.6. The molecule has 1 fully saturated rings. The molecule has 3 unspecified atom stereocenters. The highest BCUT2D eigenvalue weighted by atomic mass is 31.3.